The van der Waals surface area contributed by atoms with Crippen LogP contribution in [0, 0.1) is 5.92 Å². The Bertz CT molecular complexity index is 80.9. The summed E-state index contributed by atoms with van der Waals surface area (Å²) >= 11 is 0. The first-order valence-electron chi connectivity index (χ1n) is 4.83. The maximum Gasteiger partial charge on any atom is 0.00899 e. The van der Waals surface area contributed by atoms with Crippen LogP contribution in [0.4, 0.5) is 0 Å². The molecule has 2 unspecified atom stereocenters. The van der Waals surface area contributed by atoms with Crippen molar-refractivity contribution in [1.82, 2.24) is 4.90 Å². The molecule has 1 saturated heterocycles. The molecule has 0 spiro atoms. The zero-order valence-corrected chi connectivity index (χ0v) is 8.72. The predicted molar refractivity (Wildman–Crippen MR) is 51.8 cm³/mol. The Kier molecular flexibility index (Phi) is 5.57. The molecular formula is C10H23N. The highest BCUT2D eigenvalue weighted by atomic mass is 15.1. The van der Waals surface area contributed by atoms with Crippen LogP contribution in [-0.2, 0) is 0 Å². The SMILES string of the molecule is CC1CCN(C)C1C.CCC. The molecule has 68 valence electrons. The molecule has 0 aromatic heterocycles. The van der Waals surface area contributed by atoms with Gasteiger partial charge in [-0.15, -0.1) is 0 Å². The molecule has 0 N–H and O–H groups in total. The van der Waals surface area contributed by atoms with Gasteiger partial charge in [0.2, 0.25) is 0 Å². The van der Waals surface area contributed by atoms with Gasteiger partial charge in [-0.1, -0.05) is 27.2 Å². The van der Waals surface area contributed by atoms with Crippen molar-refractivity contribution >= 4 is 0 Å². The van der Waals surface area contributed by atoms with Crippen LogP contribution >= 0.6 is 0 Å². The molecule has 0 amide bonds. The molecule has 11 heavy (non-hydrogen) atoms. The van der Waals surface area contributed by atoms with Gasteiger partial charge in [-0.05, 0) is 32.9 Å². The quantitative estimate of drug-likeness (QED) is 0.522. The van der Waals surface area contributed by atoms with Crippen molar-refractivity contribution in [2.75, 3.05) is 13.6 Å². The third kappa shape index (κ3) is 3.76. The first kappa shape index (κ1) is 11.0. The average molecular weight is 157 g/mol. The standard InChI is InChI=1S/C7H15N.C3H8/c1-6-4-5-8(3)7(6)2;1-3-2/h6-7H,4-5H2,1-3H3;3H2,1-2H3. The minimum absolute atomic E-state index is 0.815. The molecular weight excluding hydrogens is 134 g/mol. The van der Waals surface area contributed by atoms with Crippen LogP contribution in [-0.4, -0.2) is 24.5 Å². The summed E-state index contributed by atoms with van der Waals surface area (Å²) in [6, 6.07) is 0.815. The zero-order valence-electron chi connectivity index (χ0n) is 8.72. The van der Waals surface area contributed by atoms with Gasteiger partial charge in [0.1, 0.15) is 0 Å². The summed E-state index contributed by atoms with van der Waals surface area (Å²) in [4.78, 5) is 2.42. The average Bonchev–Trinajstić information content (AvgIpc) is 2.22. The fraction of sp³-hybridized carbons (Fsp3) is 1.00. The summed E-state index contributed by atoms with van der Waals surface area (Å²) in [5, 5.41) is 0. The van der Waals surface area contributed by atoms with Crippen molar-refractivity contribution in [3.8, 4) is 0 Å². The van der Waals surface area contributed by atoms with Gasteiger partial charge in [-0.3, -0.25) is 0 Å². The molecule has 0 saturated carbocycles. The molecule has 1 aliphatic heterocycles. The molecule has 1 rings (SSSR count). The van der Waals surface area contributed by atoms with E-state index in [1.807, 2.05) is 0 Å². The Morgan fingerprint density at radius 1 is 1.27 bits per heavy atom. The Morgan fingerprint density at radius 3 is 1.82 bits per heavy atom. The van der Waals surface area contributed by atoms with Crippen molar-refractivity contribution in [2.45, 2.75) is 46.6 Å². The minimum Gasteiger partial charge on any atom is -0.303 e. The predicted octanol–water partition coefficient (Wildman–Crippen LogP) is 2.76. The highest BCUT2D eigenvalue weighted by Gasteiger charge is 2.23. The molecule has 0 radical (unpaired) electrons. The van der Waals surface area contributed by atoms with Gasteiger partial charge in [0.05, 0.1) is 0 Å². The summed E-state index contributed by atoms with van der Waals surface area (Å²) in [6.45, 7) is 10.2. The lowest BCUT2D eigenvalue weighted by atomic mass is 10.1. The van der Waals surface area contributed by atoms with Crippen molar-refractivity contribution in [3.05, 3.63) is 0 Å². The van der Waals surface area contributed by atoms with Crippen LogP contribution in [0.5, 0.6) is 0 Å². The van der Waals surface area contributed by atoms with E-state index in [-0.39, 0.29) is 0 Å². The van der Waals surface area contributed by atoms with Crippen LogP contribution in [0.15, 0.2) is 0 Å². The van der Waals surface area contributed by atoms with Gasteiger partial charge >= 0.3 is 0 Å². The van der Waals surface area contributed by atoms with Crippen molar-refractivity contribution in [3.63, 3.8) is 0 Å². The van der Waals surface area contributed by atoms with Crippen LogP contribution in [0.1, 0.15) is 40.5 Å². The maximum absolute atomic E-state index is 2.42. The lowest BCUT2D eigenvalue weighted by molar-refractivity contribution is 0.301. The van der Waals surface area contributed by atoms with Gasteiger partial charge in [-0.2, -0.15) is 0 Å². The second-order valence-electron chi connectivity index (χ2n) is 3.69. The van der Waals surface area contributed by atoms with Crippen molar-refractivity contribution < 1.29 is 0 Å². The van der Waals surface area contributed by atoms with Crippen LogP contribution < -0.4 is 0 Å². The number of nitrogens with zero attached hydrogens (tertiary/aromatic N) is 1. The molecule has 1 heteroatoms. The maximum atomic E-state index is 2.42. The second kappa shape index (κ2) is 5.59. The zero-order chi connectivity index (χ0) is 8.85. The Morgan fingerprint density at radius 2 is 1.73 bits per heavy atom. The van der Waals surface area contributed by atoms with Gasteiger partial charge in [0.25, 0.3) is 0 Å². The van der Waals surface area contributed by atoms with E-state index in [0.717, 1.165) is 12.0 Å². The highest BCUT2D eigenvalue weighted by molar-refractivity contribution is 4.77. The van der Waals surface area contributed by atoms with Gasteiger partial charge < -0.3 is 4.90 Å². The van der Waals surface area contributed by atoms with E-state index >= 15 is 0 Å². The van der Waals surface area contributed by atoms with Crippen LogP contribution in [0.2, 0.25) is 0 Å². The largest absolute Gasteiger partial charge is 0.303 e. The lowest BCUT2D eigenvalue weighted by Gasteiger charge is -2.16. The lowest BCUT2D eigenvalue weighted by Crippen LogP contribution is -2.24. The fourth-order valence-corrected chi connectivity index (χ4v) is 1.29. The number of hydrogen-bond donors (Lipinski definition) is 0. The normalized spacial score (nSPS) is 31.4. The molecule has 2 atom stereocenters. The van der Waals surface area contributed by atoms with E-state index in [0.29, 0.717) is 0 Å². The van der Waals surface area contributed by atoms with E-state index in [1.54, 1.807) is 0 Å². The molecule has 1 heterocycles. The minimum atomic E-state index is 0.815. The summed E-state index contributed by atoms with van der Waals surface area (Å²) in [5.41, 5.74) is 0. The Labute approximate surface area is 71.8 Å². The van der Waals surface area contributed by atoms with Crippen LogP contribution in [0.25, 0.3) is 0 Å². The van der Waals surface area contributed by atoms with Gasteiger partial charge in [-0.25, -0.2) is 0 Å². The van der Waals surface area contributed by atoms with Crippen LogP contribution in [0.3, 0.4) is 0 Å². The fourth-order valence-electron chi connectivity index (χ4n) is 1.29. The van der Waals surface area contributed by atoms with Crippen molar-refractivity contribution in [1.29, 1.82) is 0 Å². The summed E-state index contributed by atoms with van der Waals surface area (Å²) < 4.78 is 0. The van der Waals surface area contributed by atoms with E-state index in [2.05, 4.69) is 39.6 Å². The Balaban J connectivity index is 0.000000292. The van der Waals surface area contributed by atoms with E-state index in [1.165, 1.54) is 19.4 Å². The molecule has 1 aliphatic rings. The van der Waals surface area contributed by atoms with Crippen molar-refractivity contribution in [2.24, 2.45) is 5.92 Å². The third-order valence-electron chi connectivity index (χ3n) is 2.46. The molecule has 1 nitrogen and oxygen atoms in total. The Hall–Kier alpha value is -0.0400. The summed E-state index contributed by atoms with van der Waals surface area (Å²) in [7, 11) is 2.20. The van der Waals surface area contributed by atoms with Gasteiger partial charge in [0.15, 0.2) is 0 Å². The monoisotopic (exact) mass is 157 g/mol. The van der Waals surface area contributed by atoms with E-state index in [4.69, 9.17) is 0 Å². The molecule has 0 bridgehead atoms. The first-order valence-corrected chi connectivity index (χ1v) is 4.83. The number of hydrogen-bond acceptors (Lipinski definition) is 1. The summed E-state index contributed by atoms with van der Waals surface area (Å²) in [5.74, 6) is 0.917. The summed E-state index contributed by atoms with van der Waals surface area (Å²) in [6.07, 6.45) is 2.64. The highest BCUT2D eigenvalue weighted by Crippen LogP contribution is 2.20. The molecule has 1 fully saturated rings. The smallest absolute Gasteiger partial charge is 0.00899 e. The molecule has 0 aromatic rings. The number of rotatable bonds is 0. The molecule has 0 aliphatic carbocycles. The topological polar surface area (TPSA) is 3.24 Å². The third-order valence-corrected chi connectivity index (χ3v) is 2.46. The number of likely N-dealkylation sites (tertiary alicyclic amines) is 1. The first-order chi connectivity index (χ1) is 5.13. The van der Waals surface area contributed by atoms with E-state index in [9.17, 15) is 0 Å². The second-order valence-corrected chi connectivity index (χ2v) is 3.69. The van der Waals surface area contributed by atoms with E-state index < -0.39 is 0 Å². The molecule has 0 aromatic carbocycles. The van der Waals surface area contributed by atoms with Gasteiger partial charge in [0, 0.05) is 6.04 Å².